The number of rotatable bonds is 3. The maximum atomic E-state index is 12.0. The fourth-order valence-electron chi connectivity index (χ4n) is 1.88. The summed E-state index contributed by atoms with van der Waals surface area (Å²) >= 11 is 0. The van der Waals surface area contributed by atoms with Crippen LogP contribution in [0.3, 0.4) is 0 Å². The maximum absolute atomic E-state index is 12.0. The number of hydrogen-bond donors (Lipinski definition) is 2. The van der Waals surface area contributed by atoms with Crippen LogP contribution in [0.5, 0.6) is 0 Å². The molecule has 0 radical (unpaired) electrons. The van der Waals surface area contributed by atoms with Crippen LogP contribution in [-0.2, 0) is 9.84 Å². The lowest BCUT2D eigenvalue weighted by Gasteiger charge is -2.15. The Morgan fingerprint density at radius 3 is 2.06 bits per heavy atom. The van der Waals surface area contributed by atoms with Crippen molar-refractivity contribution in [1.82, 2.24) is 0 Å². The quantitative estimate of drug-likeness (QED) is 0.817. The Kier molecular flexibility index (Phi) is 3.72. The van der Waals surface area contributed by atoms with Gasteiger partial charge in [0.05, 0.1) is 4.90 Å². The lowest BCUT2D eigenvalue weighted by Crippen LogP contribution is -2.30. The van der Waals surface area contributed by atoms with Gasteiger partial charge in [0.25, 0.3) is 0 Å². The van der Waals surface area contributed by atoms with Crippen LogP contribution in [0.2, 0.25) is 0 Å². The number of sulfone groups is 1. The van der Waals surface area contributed by atoms with Crippen LogP contribution in [0.1, 0.15) is 16.7 Å². The van der Waals surface area contributed by atoms with Gasteiger partial charge in [-0.05, 0) is 31.9 Å². The summed E-state index contributed by atoms with van der Waals surface area (Å²) in [5, 5.41) is 9.44. The van der Waals surface area contributed by atoms with Crippen molar-refractivity contribution in [3.8, 4) is 0 Å². The molecule has 3 N–H and O–H groups in total. The minimum Gasteiger partial charge on any atom is -0.376 e. The number of benzene rings is 1. The molecule has 0 heterocycles. The van der Waals surface area contributed by atoms with Crippen LogP contribution >= 0.6 is 0 Å². The third-order valence-electron chi connectivity index (χ3n) is 2.45. The monoisotopic (exact) mass is 243 g/mol. The van der Waals surface area contributed by atoms with Gasteiger partial charge in [0, 0.05) is 6.54 Å². The molecule has 0 bridgehead atoms. The second-order valence-electron chi connectivity index (χ2n) is 3.96. The molecule has 0 spiro atoms. The van der Waals surface area contributed by atoms with Crippen LogP contribution in [0.25, 0.3) is 0 Å². The molecule has 90 valence electrons. The second kappa shape index (κ2) is 4.53. The van der Waals surface area contributed by atoms with E-state index in [1.165, 1.54) is 0 Å². The average Bonchev–Trinajstić information content (AvgIpc) is 2.14. The molecule has 0 fully saturated rings. The molecule has 0 saturated heterocycles. The number of aliphatic hydroxyl groups is 1. The number of hydrogen-bond acceptors (Lipinski definition) is 4. The van der Waals surface area contributed by atoms with E-state index in [0.717, 1.165) is 5.56 Å². The summed E-state index contributed by atoms with van der Waals surface area (Å²) < 4.78 is 24.0. The summed E-state index contributed by atoms with van der Waals surface area (Å²) in [5.74, 6) is 0. The van der Waals surface area contributed by atoms with E-state index in [-0.39, 0.29) is 11.4 Å². The van der Waals surface area contributed by atoms with Crippen molar-refractivity contribution in [3.63, 3.8) is 0 Å². The standard InChI is InChI=1S/C11H17NO3S/c1-7-4-8(2)11(9(3)5-7)16(14,15)10(13)6-12/h4-5,10,13H,6,12H2,1-3H3. The van der Waals surface area contributed by atoms with E-state index < -0.39 is 15.3 Å². The summed E-state index contributed by atoms with van der Waals surface area (Å²) in [7, 11) is -3.74. The van der Waals surface area contributed by atoms with Gasteiger partial charge in [-0.3, -0.25) is 0 Å². The van der Waals surface area contributed by atoms with E-state index in [0.29, 0.717) is 11.1 Å². The largest absolute Gasteiger partial charge is 0.376 e. The number of nitrogens with two attached hydrogens (primary N) is 1. The molecule has 1 rings (SSSR count). The van der Waals surface area contributed by atoms with Gasteiger partial charge in [-0.2, -0.15) is 0 Å². The molecule has 1 aromatic carbocycles. The molecule has 1 aromatic rings. The van der Waals surface area contributed by atoms with E-state index in [4.69, 9.17) is 5.73 Å². The van der Waals surface area contributed by atoms with Crippen molar-refractivity contribution >= 4 is 9.84 Å². The highest BCUT2D eigenvalue weighted by Gasteiger charge is 2.27. The van der Waals surface area contributed by atoms with E-state index in [1.807, 2.05) is 6.92 Å². The first-order valence-corrected chi connectivity index (χ1v) is 6.55. The molecule has 0 aromatic heterocycles. The molecule has 1 unspecified atom stereocenters. The Morgan fingerprint density at radius 2 is 1.69 bits per heavy atom. The summed E-state index contributed by atoms with van der Waals surface area (Å²) in [5.41, 5.74) is 5.95. The summed E-state index contributed by atoms with van der Waals surface area (Å²) in [6, 6.07) is 3.56. The van der Waals surface area contributed by atoms with Crippen LogP contribution in [-0.4, -0.2) is 25.5 Å². The number of aryl methyl sites for hydroxylation is 3. The Bertz CT molecular complexity index is 471. The van der Waals surface area contributed by atoms with E-state index >= 15 is 0 Å². The van der Waals surface area contributed by atoms with Gasteiger partial charge >= 0.3 is 0 Å². The molecule has 0 amide bonds. The van der Waals surface area contributed by atoms with Gasteiger partial charge in [-0.25, -0.2) is 8.42 Å². The van der Waals surface area contributed by atoms with Crippen molar-refractivity contribution in [2.24, 2.45) is 5.73 Å². The molecular formula is C11H17NO3S. The first kappa shape index (κ1) is 13.2. The Hall–Kier alpha value is -0.910. The minimum absolute atomic E-state index is 0.191. The van der Waals surface area contributed by atoms with Crippen molar-refractivity contribution in [2.75, 3.05) is 6.54 Å². The van der Waals surface area contributed by atoms with Crippen LogP contribution in [0.15, 0.2) is 17.0 Å². The summed E-state index contributed by atoms with van der Waals surface area (Å²) in [6.07, 6.45) is 0. The zero-order valence-electron chi connectivity index (χ0n) is 9.69. The lowest BCUT2D eigenvalue weighted by atomic mass is 10.1. The molecular weight excluding hydrogens is 226 g/mol. The lowest BCUT2D eigenvalue weighted by molar-refractivity contribution is 0.256. The first-order valence-electron chi connectivity index (χ1n) is 5.00. The maximum Gasteiger partial charge on any atom is 0.206 e. The fourth-order valence-corrected chi connectivity index (χ4v) is 3.42. The van der Waals surface area contributed by atoms with Gasteiger partial charge in [-0.1, -0.05) is 17.7 Å². The molecule has 1 atom stereocenters. The highest BCUT2D eigenvalue weighted by Crippen LogP contribution is 2.24. The van der Waals surface area contributed by atoms with Crippen LogP contribution < -0.4 is 5.73 Å². The topological polar surface area (TPSA) is 80.4 Å². The molecule has 4 nitrogen and oxygen atoms in total. The normalized spacial score (nSPS) is 13.8. The van der Waals surface area contributed by atoms with Gasteiger partial charge < -0.3 is 10.8 Å². The SMILES string of the molecule is Cc1cc(C)c(S(=O)(=O)C(O)CN)c(C)c1. The predicted molar refractivity (Wildman–Crippen MR) is 62.9 cm³/mol. The molecule has 0 aliphatic rings. The number of aliphatic hydroxyl groups excluding tert-OH is 1. The van der Waals surface area contributed by atoms with Crippen molar-refractivity contribution in [3.05, 3.63) is 28.8 Å². The van der Waals surface area contributed by atoms with Crippen molar-refractivity contribution < 1.29 is 13.5 Å². The second-order valence-corrected chi connectivity index (χ2v) is 6.01. The molecule has 16 heavy (non-hydrogen) atoms. The molecule has 0 saturated carbocycles. The minimum atomic E-state index is -3.74. The Morgan fingerprint density at radius 1 is 1.25 bits per heavy atom. The highest BCUT2D eigenvalue weighted by atomic mass is 32.2. The summed E-state index contributed by atoms with van der Waals surface area (Å²) in [6.45, 7) is 5.04. The average molecular weight is 243 g/mol. The van der Waals surface area contributed by atoms with Crippen LogP contribution in [0.4, 0.5) is 0 Å². The van der Waals surface area contributed by atoms with Crippen molar-refractivity contribution in [1.29, 1.82) is 0 Å². The molecule has 0 aliphatic heterocycles. The van der Waals surface area contributed by atoms with Gasteiger partial charge in [0.2, 0.25) is 9.84 Å². The fraction of sp³-hybridized carbons (Fsp3) is 0.455. The van der Waals surface area contributed by atoms with E-state index in [2.05, 4.69) is 0 Å². The molecule has 0 aliphatic carbocycles. The molecule has 5 heteroatoms. The zero-order valence-corrected chi connectivity index (χ0v) is 10.5. The Balaban J connectivity index is 3.45. The third kappa shape index (κ3) is 2.26. The third-order valence-corrected chi connectivity index (χ3v) is 4.57. The van der Waals surface area contributed by atoms with Crippen LogP contribution in [0, 0.1) is 20.8 Å². The highest BCUT2D eigenvalue weighted by molar-refractivity contribution is 7.92. The summed E-state index contributed by atoms with van der Waals surface area (Å²) in [4.78, 5) is 0.191. The predicted octanol–water partition coefficient (Wildman–Crippen LogP) is 0.663. The first-order chi connectivity index (χ1) is 7.30. The van der Waals surface area contributed by atoms with Gasteiger partial charge in [0.15, 0.2) is 5.44 Å². The van der Waals surface area contributed by atoms with E-state index in [1.54, 1.807) is 26.0 Å². The zero-order chi connectivity index (χ0) is 12.5. The van der Waals surface area contributed by atoms with Gasteiger partial charge in [0.1, 0.15) is 0 Å². The Labute approximate surface area is 96.0 Å². The van der Waals surface area contributed by atoms with E-state index in [9.17, 15) is 13.5 Å². The van der Waals surface area contributed by atoms with Crippen molar-refractivity contribution in [2.45, 2.75) is 31.1 Å². The smallest absolute Gasteiger partial charge is 0.206 e. The van der Waals surface area contributed by atoms with Gasteiger partial charge in [-0.15, -0.1) is 0 Å².